The molecule has 0 spiro atoms. The molecule has 1 atom stereocenters. The monoisotopic (exact) mass is 353 g/mol. The van der Waals surface area contributed by atoms with E-state index < -0.39 is 11.6 Å². The minimum atomic E-state index is -0.460. The van der Waals surface area contributed by atoms with E-state index in [4.69, 9.17) is 0 Å². The summed E-state index contributed by atoms with van der Waals surface area (Å²) >= 11 is 3.01. The lowest BCUT2D eigenvalue weighted by Crippen LogP contribution is -2.23. The highest BCUT2D eigenvalue weighted by molar-refractivity contribution is 9.10. The molecule has 4 heteroatoms. The minimum absolute atomic E-state index is 0.138. The van der Waals surface area contributed by atoms with Crippen LogP contribution >= 0.6 is 15.9 Å². The Bertz CT molecular complexity index is 635. The van der Waals surface area contributed by atoms with Crippen molar-refractivity contribution in [3.05, 3.63) is 68.7 Å². The van der Waals surface area contributed by atoms with Crippen LogP contribution in [-0.2, 0) is 0 Å². The van der Waals surface area contributed by atoms with Crippen molar-refractivity contribution in [3.63, 3.8) is 0 Å². The van der Waals surface area contributed by atoms with Crippen molar-refractivity contribution >= 4 is 15.9 Å². The van der Waals surface area contributed by atoms with E-state index in [1.54, 1.807) is 0 Å². The van der Waals surface area contributed by atoms with Gasteiger partial charge in [0.2, 0.25) is 0 Å². The predicted octanol–water partition coefficient (Wildman–Crippen LogP) is 5.04. The highest BCUT2D eigenvalue weighted by Gasteiger charge is 2.19. The maximum Gasteiger partial charge on any atom is 0.137 e. The van der Waals surface area contributed by atoms with Gasteiger partial charge in [-0.15, -0.1) is 0 Å². The molecule has 2 aromatic rings. The molecule has 0 fully saturated rings. The number of rotatable bonds is 4. The Balaban J connectivity index is 2.55. The van der Waals surface area contributed by atoms with E-state index in [2.05, 4.69) is 27.3 Å². The molecule has 0 saturated carbocycles. The van der Waals surface area contributed by atoms with Crippen LogP contribution in [0.3, 0.4) is 0 Å². The zero-order valence-electron chi connectivity index (χ0n) is 12.3. The van der Waals surface area contributed by atoms with E-state index in [1.807, 2.05) is 32.9 Å². The second kappa shape index (κ2) is 6.67. The summed E-state index contributed by atoms with van der Waals surface area (Å²) in [7, 11) is 0. The fraction of sp³-hybridized carbons (Fsp3) is 0.294. The van der Waals surface area contributed by atoms with Gasteiger partial charge in [-0.05, 0) is 54.0 Å². The van der Waals surface area contributed by atoms with Gasteiger partial charge in [0.05, 0.1) is 10.5 Å². The van der Waals surface area contributed by atoms with Gasteiger partial charge in [0.15, 0.2) is 0 Å². The van der Waals surface area contributed by atoms with E-state index in [1.165, 1.54) is 12.1 Å². The molecule has 0 aliphatic rings. The summed E-state index contributed by atoms with van der Waals surface area (Å²) in [5, 5.41) is 3.24. The smallest absolute Gasteiger partial charge is 0.137 e. The molecule has 0 aromatic heterocycles. The molecule has 0 bridgehead atoms. The zero-order chi connectivity index (χ0) is 15.6. The first-order valence-corrected chi connectivity index (χ1v) is 7.67. The number of nitrogens with one attached hydrogen (secondary N) is 1. The molecule has 0 aliphatic heterocycles. The zero-order valence-corrected chi connectivity index (χ0v) is 13.9. The summed E-state index contributed by atoms with van der Waals surface area (Å²) in [6, 6.07) is 8.13. The fourth-order valence-corrected chi connectivity index (χ4v) is 2.86. The van der Waals surface area contributed by atoms with Crippen molar-refractivity contribution in [1.29, 1.82) is 0 Å². The molecular formula is C17H18BrF2N. The number of aryl methyl sites for hydroxylation is 2. The van der Waals surface area contributed by atoms with Crippen LogP contribution in [-0.4, -0.2) is 6.54 Å². The summed E-state index contributed by atoms with van der Waals surface area (Å²) in [6.45, 7) is 6.60. The summed E-state index contributed by atoms with van der Waals surface area (Å²) in [4.78, 5) is 0. The summed E-state index contributed by atoms with van der Waals surface area (Å²) in [5.41, 5.74) is 3.47. The van der Waals surface area contributed by atoms with E-state index >= 15 is 0 Å². The van der Waals surface area contributed by atoms with Crippen LogP contribution in [0.4, 0.5) is 8.78 Å². The number of hydrogen-bond donors (Lipinski definition) is 1. The third-order valence-electron chi connectivity index (χ3n) is 3.34. The Morgan fingerprint density at radius 2 is 1.62 bits per heavy atom. The second-order valence-corrected chi connectivity index (χ2v) is 6.05. The van der Waals surface area contributed by atoms with Gasteiger partial charge in [-0.1, -0.05) is 36.2 Å². The van der Waals surface area contributed by atoms with E-state index in [-0.39, 0.29) is 10.5 Å². The van der Waals surface area contributed by atoms with Crippen LogP contribution in [0.25, 0.3) is 0 Å². The van der Waals surface area contributed by atoms with Gasteiger partial charge in [0.25, 0.3) is 0 Å². The number of benzene rings is 2. The molecule has 0 heterocycles. The average molecular weight is 354 g/mol. The van der Waals surface area contributed by atoms with Crippen molar-refractivity contribution in [2.75, 3.05) is 6.54 Å². The molecule has 21 heavy (non-hydrogen) atoms. The number of halogens is 3. The predicted molar refractivity (Wildman–Crippen MR) is 85.5 cm³/mol. The maximum atomic E-state index is 14.3. The van der Waals surface area contributed by atoms with E-state index in [0.29, 0.717) is 12.1 Å². The van der Waals surface area contributed by atoms with Crippen LogP contribution < -0.4 is 5.32 Å². The molecule has 2 rings (SSSR count). The van der Waals surface area contributed by atoms with Crippen LogP contribution in [0, 0.1) is 25.5 Å². The van der Waals surface area contributed by atoms with Crippen molar-refractivity contribution in [3.8, 4) is 0 Å². The van der Waals surface area contributed by atoms with Gasteiger partial charge in [-0.2, -0.15) is 0 Å². The molecule has 1 unspecified atom stereocenters. The first-order chi connectivity index (χ1) is 9.92. The lowest BCUT2D eigenvalue weighted by Gasteiger charge is -2.21. The van der Waals surface area contributed by atoms with E-state index in [9.17, 15) is 8.78 Å². The Morgan fingerprint density at radius 3 is 2.19 bits per heavy atom. The van der Waals surface area contributed by atoms with Crippen LogP contribution in [0.15, 0.2) is 34.8 Å². The Hall–Kier alpha value is -1.26. The van der Waals surface area contributed by atoms with Crippen molar-refractivity contribution in [2.24, 2.45) is 0 Å². The first-order valence-electron chi connectivity index (χ1n) is 6.88. The van der Waals surface area contributed by atoms with Crippen LogP contribution in [0.5, 0.6) is 0 Å². The quantitative estimate of drug-likeness (QED) is 0.759. The second-order valence-electron chi connectivity index (χ2n) is 5.20. The molecular weight excluding hydrogens is 336 g/mol. The molecule has 0 amide bonds. The summed E-state index contributed by atoms with van der Waals surface area (Å²) in [5.74, 6) is -0.882. The standard InChI is InChI=1S/C17H18BrF2N/c1-4-21-17(12-6-10(2)5-11(3)7-12)13-8-16(20)14(18)9-15(13)19/h5-9,17,21H,4H2,1-3H3. The molecule has 0 saturated heterocycles. The normalized spacial score (nSPS) is 12.5. The Morgan fingerprint density at radius 1 is 1.00 bits per heavy atom. The van der Waals surface area contributed by atoms with Gasteiger partial charge in [-0.25, -0.2) is 8.78 Å². The van der Waals surface area contributed by atoms with E-state index in [0.717, 1.165) is 16.7 Å². The van der Waals surface area contributed by atoms with Crippen LogP contribution in [0.2, 0.25) is 0 Å². The summed E-state index contributed by atoms with van der Waals surface area (Å²) in [6.07, 6.45) is 0. The third kappa shape index (κ3) is 3.69. The molecule has 1 nitrogen and oxygen atoms in total. The average Bonchev–Trinajstić information content (AvgIpc) is 2.39. The molecule has 0 radical (unpaired) electrons. The summed E-state index contributed by atoms with van der Waals surface area (Å²) < 4.78 is 28.2. The molecule has 112 valence electrons. The number of hydrogen-bond acceptors (Lipinski definition) is 1. The lowest BCUT2D eigenvalue weighted by atomic mass is 9.95. The topological polar surface area (TPSA) is 12.0 Å². The lowest BCUT2D eigenvalue weighted by molar-refractivity contribution is 0.542. The molecule has 2 aromatic carbocycles. The largest absolute Gasteiger partial charge is 0.306 e. The van der Waals surface area contributed by atoms with Crippen molar-refractivity contribution < 1.29 is 8.78 Å². The minimum Gasteiger partial charge on any atom is -0.306 e. The molecule has 1 N–H and O–H groups in total. The van der Waals surface area contributed by atoms with Crippen molar-refractivity contribution in [2.45, 2.75) is 26.8 Å². The highest BCUT2D eigenvalue weighted by Crippen LogP contribution is 2.29. The first kappa shape index (κ1) is 16.1. The van der Waals surface area contributed by atoms with Gasteiger partial charge >= 0.3 is 0 Å². The van der Waals surface area contributed by atoms with Gasteiger partial charge in [0.1, 0.15) is 11.6 Å². The van der Waals surface area contributed by atoms with Gasteiger partial charge < -0.3 is 5.32 Å². The molecule has 0 aliphatic carbocycles. The van der Waals surface area contributed by atoms with Crippen molar-refractivity contribution in [1.82, 2.24) is 5.32 Å². The Kier molecular flexibility index (Phi) is 5.12. The van der Waals surface area contributed by atoms with Gasteiger partial charge in [-0.3, -0.25) is 0 Å². The maximum absolute atomic E-state index is 14.3. The SMILES string of the molecule is CCNC(c1cc(C)cc(C)c1)c1cc(F)c(Br)cc1F. The highest BCUT2D eigenvalue weighted by atomic mass is 79.9. The van der Waals surface area contributed by atoms with Gasteiger partial charge in [0, 0.05) is 5.56 Å². The Labute approximate surface area is 132 Å². The third-order valence-corrected chi connectivity index (χ3v) is 3.94. The van der Waals surface area contributed by atoms with Crippen LogP contribution in [0.1, 0.15) is 35.2 Å². The fourth-order valence-electron chi connectivity index (χ4n) is 2.55.